The highest BCUT2D eigenvalue weighted by Crippen LogP contribution is 2.29. The van der Waals surface area contributed by atoms with E-state index in [1.54, 1.807) is 35.7 Å². The van der Waals surface area contributed by atoms with Gasteiger partial charge in [-0.25, -0.2) is 8.42 Å². The molecular formula is C26H36N4O4S. The highest BCUT2D eigenvalue weighted by atomic mass is 32.2. The quantitative estimate of drug-likeness (QED) is 0.598. The van der Waals surface area contributed by atoms with Crippen LogP contribution in [0.2, 0.25) is 0 Å². The third kappa shape index (κ3) is 5.97. The van der Waals surface area contributed by atoms with Crippen LogP contribution >= 0.6 is 0 Å². The first-order valence-electron chi connectivity index (χ1n) is 12.4. The highest BCUT2D eigenvalue weighted by molar-refractivity contribution is 7.89. The van der Waals surface area contributed by atoms with Crippen LogP contribution in [-0.2, 0) is 14.8 Å². The number of methoxy groups -OCH3 is 1. The minimum atomic E-state index is -3.53. The lowest BCUT2D eigenvalue weighted by atomic mass is 10.0. The standard InChI is InChI=1S/C26H36N4O4S/c1-3-22-8-6-7-15-30(22)35(32,33)23-13-11-21(12-14-23)27-26(31)20-28-16-18-29(19-17-28)24-9-4-5-10-25(24)34-2/h4-5,9-14,22H,3,6-8,15-20H2,1-2H3,(H,27,31). The molecule has 8 nitrogen and oxygen atoms in total. The molecule has 190 valence electrons. The number of rotatable bonds is 8. The van der Waals surface area contributed by atoms with Crippen molar-refractivity contribution in [2.24, 2.45) is 0 Å². The van der Waals surface area contributed by atoms with Crippen molar-refractivity contribution in [2.45, 2.75) is 43.5 Å². The normalized spacial score (nSPS) is 19.9. The predicted molar refractivity (Wildman–Crippen MR) is 139 cm³/mol. The summed E-state index contributed by atoms with van der Waals surface area (Å²) in [6.45, 7) is 6.09. The molecule has 1 atom stereocenters. The van der Waals surface area contributed by atoms with Gasteiger partial charge in [-0.1, -0.05) is 25.5 Å². The van der Waals surface area contributed by atoms with Gasteiger partial charge in [0.25, 0.3) is 0 Å². The number of nitrogens with zero attached hydrogens (tertiary/aromatic N) is 3. The predicted octanol–water partition coefficient (Wildman–Crippen LogP) is 3.41. The molecule has 2 saturated heterocycles. The van der Waals surface area contributed by atoms with Crippen molar-refractivity contribution in [1.29, 1.82) is 0 Å². The van der Waals surface area contributed by atoms with E-state index in [2.05, 4.69) is 21.2 Å². The van der Waals surface area contributed by atoms with Crippen LogP contribution in [0, 0.1) is 0 Å². The minimum absolute atomic E-state index is 0.0663. The Kier molecular flexibility index (Phi) is 8.30. The summed E-state index contributed by atoms with van der Waals surface area (Å²) in [7, 11) is -1.85. The fraction of sp³-hybridized carbons (Fsp3) is 0.500. The van der Waals surface area contributed by atoms with Gasteiger partial charge in [-0.05, 0) is 55.7 Å². The lowest BCUT2D eigenvalue weighted by molar-refractivity contribution is -0.117. The molecule has 0 radical (unpaired) electrons. The summed E-state index contributed by atoms with van der Waals surface area (Å²) >= 11 is 0. The zero-order valence-electron chi connectivity index (χ0n) is 20.7. The Balaban J connectivity index is 1.30. The monoisotopic (exact) mass is 500 g/mol. The van der Waals surface area contributed by atoms with Gasteiger partial charge < -0.3 is 15.0 Å². The molecule has 2 aliphatic heterocycles. The number of amides is 1. The molecule has 4 rings (SSSR count). The van der Waals surface area contributed by atoms with E-state index in [0.29, 0.717) is 18.8 Å². The molecule has 2 aliphatic rings. The molecule has 1 N–H and O–H groups in total. The van der Waals surface area contributed by atoms with Crippen LogP contribution in [0.3, 0.4) is 0 Å². The third-order valence-electron chi connectivity index (χ3n) is 6.95. The number of hydrogen-bond acceptors (Lipinski definition) is 6. The van der Waals surface area contributed by atoms with E-state index in [4.69, 9.17) is 4.74 Å². The summed E-state index contributed by atoms with van der Waals surface area (Å²) < 4.78 is 33.4. The molecule has 0 aliphatic carbocycles. The van der Waals surface area contributed by atoms with Gasteiger partial charge in [0.15, 0.2) is 0 Å². The molecule has 0 saturated carbocycles. The molecule has 9 heteroatoms. The molecule has 2 aromatic rings. The summed E-state index contributed by atoms with van der Waals surface area (Å²) in [5.41, 5.74) is 1.68. The Morgan fingerprint density at radius 2 is 1.71 bits per heavy atom. The van der Waals surface area contributed by atoms with E-state index in [0.717, 1.165) is 63.3 Å². The van der Waals surface area contributed by atoms with Gasteiger partial charge in [-0.3, -0.25) is 9.69 Å². The molecular weight excluding hydrogens is 464 g/mol. The van der Waals surface area contributed by atoms with Gasteiger partial charge in [0.2, 0.25) is 15.9 Å². The minimum Gasteiger partial charge on any atom is -0.495 e. The number of piperazine rings is 1. The first-order valence-corrected chi connectivity index (χ1v) is 13.9. The van der Waals surface area contributed by atoms with Crippen molar-refractivity contribution in [1.82, 2.24) is 9.21 Å². The fourth-order valence-corrected chi connectivity index (χ4v) is 6.75. The van der Waals surface area contributed by atoms with Crippen molar-refractivity contribution in [2.75, 3.05) is 56.6 Å². The van der Waals surface area contributed by atoms with E-state index in [9.17, 15) is 13.2 Å². The van der Waals surface area contributed by atoms with Crippen molar-refractivity contribution < 1.29 is 17.9 Å². The van der Waals surface area contributed by atoms with E-state index in [1.807, 2.05) is 25.1 Å². The van der Waals surface area contributed by atoms with Crippen LogP contribution < -0.4 is 15.0 Å². The Morgan fingerprint density at radius 1 is 1.00 bits per heavy atom. The number of piperidine rings is 1. The molecule has 0 spiro atoms. The maximum absolute atomic E-state index is 13.1. The number of anilines is 2. The number of benzene rings is 2. The third-order valence-corrected chi connectivity index (χ3v) is 8.92. The SMILES string of the molecule is CCC1CCCCN1S(=O)(=O)c1ccc(NC(=O)CN2CCN(c3ccccc3OC)CC2)cc1. The number of carbonyl (C=O) groups is 1. The van der Waals surface area contributed by atoms with Crippen molar-refractivity contribution >= 4 is 27.3 Å². The van der Waals surface area contributed by atoms with Crippen LogP contribution in [0.25, 0.3) is 0 Å². The van der Waals surface area contributed by atoms with Crippen LogP contribution in [-0.4, -0.2) is 76.0 Å². The number of para-hydroxylation sites is 2. The summed E-state index contributed by atoms with van der Waals surface area (Å²) in [6, 6.07) is 14.6. The number of carbonyl (C=O) groups excluding carboxylic acids is 1. The zero-order chi connectivity index (χ0) is 24.8. The number of sulfonamides is 1. The molecule has 2 aromatic carbocycles. The van der Waals surface area contributed by atoms with Crippen LogP contribution in [0.4, 0.5) is 11.4 Å². The van der Waals surface area contributed by atoms with Crippen LogP contribution in [0.5, 0.6) is 5.75 Å². The maximum atomic E-state index is 13.1. The van der Waals surface area contributed by atoms with Gasteiger partial charge in [0.05, 0.1) is 24.2 Å². The Labute approximate surface area is 208 Å². The summed E-state index contributed by atoms with van der Waals surface area (Å²) in [5.74, 6) is 0.753. The first kappa shape index (κ1) is 25.5. The molecule has 2 heterocycles. The van der Waals surface area contributed by atoms with E-state index in [1.165, 1.54) is 0 Å². The second-order valence-corrected chi connectivity index (χ2v) is 11.1. The van der Waals surface area contributed by atoms with Gasteiger partial charge in [-0.15, -0.1) is 0 Å². The van der Waals surface area contributed by atoms with E-state index in [-0.39, 0.29) is 16.8 Å². The molecule has 0 bridgehead atoms. The summed E-state index contributed by atoms with van der Waals surface area (Å²) in [6.07, 6.45) is 3.71. The van der Waals surface area contributed by atoms with E-state index >= 15 is 0 Å². The fourth-order valence-electron chi connectivity index (χ4n) is 4.99. The van der Waals surface area contributed by atoms with Crippen molar-refractivity contribution in [3.63, 3.8) is 0 Å². The van der Waals surface area contributed by atoms with Crippen LogP contribution in [0.15, 0.2) is 53.4 Å². The number of nitrogens with one attached hydrogen (secondary N) is 1. The Bertz CT molecular complexity index is 1100. The molecule has 35 heavy (non-hydrogen) atoms. The van der Waals surface area contributed by atoms with Gasteiger partial charge in [0, 0.05) is 44.5 Å². The summed E-state index contributed by atoms with van der Waals surface area (Å²) in [5, 5.41) is 2.91. The first-order chi connectivity index (χ1) is 16.9. The van der Waals surface area contributed by atoms with Crippen molar-refractivity contribution in [3.8, 4) is 5.75 Å². The highest BCUT2D eigenvalue weighted by Gasteiger charge is 2.32. The second kappa shape index (κ2) is 11.4. The Morgan fingerprint density at radius 3 is 2.40 bits per heavy atom. The smallest absolute Gasteiger partial charge is 0.243 e. The zero-order valence-corrected chi connectivity index (χ0v) is 21.5. The number of hydrogen-bond donors (Lipinski definition) is 1. The van der Waals surface area contributed by atoms with Gasteiger partial charge >= 0.3 is 0 Å². The maximum Gasteiger partial charge on any atom is 0.243 e. The van der Waals surface area contributed by atoms with Gasteiger partial charge in [-0.2, -0.15) is 4.31 Å². The topological polar surface area (TPSA) is 82.2 Å². The second-order valence-electron chi connectivity index (χ2n) is 9.18. The lowest BCUT2D eigenvalue weighted by Gasteiger charge is -2.36. The average molecular weight is 501 g/mol. The van der Waals surface area contributed by atoms with Crippen LogP contribution in [0.1, 0.15) is 32.6 Å². The summed E-state index contributed by atoms with van der Waals surface area (Å²) in [4.78, 5) is 17.3. The number of ether oxygens (including phenoxy) is 1. The Hall–Kier alpha value is -2.62. The molecule has 1 unspecified atom stereocenters. The average Bonchev–Trinajstić information content (AvgIpc) is 2.89. The van der Waals surface area contributed by atoms with Gasteiger partial charge in [0.1, 0.15) is 5.75 Å². The largest absolute Gasteiger partial charge is 0.495 e. The van der Waals surface area contributed by atoms with Crippen molar-refractivity contribution in [3.05, 3.63) is 48.5 Å². The molecule has 0 aromatic heterocycles. The molecule has 2 fully saturated rings. The lowest BCUT2D eigenvalue weighted by Crippen LogP contribution is -2.48. The van der Waals surface area contributed by atoms with E-state index < -0.39 is 10.0 Å². The molecule has 1 amide bonds.